The molecule has 0 spiro atoms. The molecule has 1 amide bonds. The van der Waals surface area contributed by atoms with E-state index < -0.39 is 47.8 Å². The zero-order valence-electron chi connectivity index (χ0n) is 11.1. The van der Waals surface area contributed by atoms with Crippen LogP contribution in [0.4, 0.5) is 27.6 Å². The molecule has 2 rings (SSSR count). The molecular formula is C13H13F5N2O. The Morgan fingerprint density at radius 2 is 1.95 bits per heavy atom. The van der Waals surface area contributed by atoms with Gasteiger partial charge in [-0.25, -0.2) is 8.78 Å². The van der Waals surface area contributed by atoms with Crippen LogP contribution in [0.3, 0.4) is 0 Å². The van der Waals surface area contributed by atoms with E-state index in [0.29, 0.717) is 6.07 Å². The van der Waals surface area contributed by atoms with Crippen LogP contribution in [0.5, 0.6) is 0 Å². The number of hydrogen-bond donors (Lipinski definition) is 2. The lowest BCUT2D eigenvalue weighted by molar-refractivity contribution is -0.213. The molecule has 0 radical (unpaired) electrons. The number of halogens is 5. The summed E-state index contributed by atoms with van der Waals surface area (Å²) in [7, 11) is 0. The molecule has 1 unspecified atom stereocenters. The van der Waals surface area contributed by atoms with Crippen molar-refractivity contribution in [3.63, 3.8) is 0 Å². The van der Waals surface area contributed by atoms with E-state index in [9.17, 15) is 26.7 Å². The minimum atomic E-state index is -4.78. The third kappa shape index (κ3) is 2.72. The van der Waals surface area contributed by atoms with Gasteiger partial charge < -0.3 is 10.6 Å². The molecule has 0 bridgehead atoms. The van der Waals surface area contributed by atoms with E-state index in [0.717, 1.165) is 6.07 Å². The Labute approximate surface area is 117 Å². The van der Waals surface area contributed by atoms with Gasteiger partial charge in [-0.1, -0.05) is 0 Å². The van der Waals surface area contributed by atoms with Crippen molar-refractivity contribution in [2.75, 3.05) is 18.4 Å². The molecule has 21 heavy (non-hydrogen) atoms. The first kappa shape index (κ1) is 15.7. The zero-order valence-corrected chi connectivity index (χ0v) is 11.1. The topological polar surface area (TPSA) is 41.1 Å². The number of carbonyl (C=O) groups is 1. The Hall–Kier alpha value is -1.70. The SMILES string of the molecule is Cc1cc(F)c(NC(=O)C2(C(F)(F)F)CCNC2)cc1F. The van der Waals surface area contributed by atoms with E-state index in [2.05, 4.69) is 5.32 Å². The quantitative estimate of drug-likeness (QED) is 0.825. The molecule has 8 heteroatoms. The third-order valence-corrected chi connectivity index (χ3v) is 3.63. The molecule has 3 nitrogen and oxygen atoms in total. The van der Waals surface area contributed by atoms with Gasteiger partial charge in [-0.05, 0) is 31.5 Å². The summed E-state index contributed by atoms with van der Waals surface area (Å²) in [5.74, 6) is -3.18. The molecule has 1 fully saturated rings. The fourth-order valence-electron chi connectivity index (χ4n) is 2.24. The van der Waals surface area contributed by atoms with Crippen LogP contribution in [-0.2, 0) is 4.79 Å². The summed E-state index contributed by atoms with van der Waals surface area (Å²) in [5, 5.41) is 4.33. The lowest BCUT2D eigenvalue weighted by atomic mass is 9.85. The number of hydrogen-bond acceptors (Lipinski definition) is 2. The summed E-state index contributed by atoms with van der Waals surface area (Å²) >= 11 is 0. The van der Waals surface area contributed by atoms with Gasteiger partial charge in [0, 0.05) is 12.6 Å². The van der Waals surface area contributed by atoms with Crippen molar-refractivity contribution in [2.45, 2.75) is 19.5 Å². The normalized spacial score (nSPS) is 22.4. The monoisotopic (exact) mass is 308 g/mol. The lowest BCUT2D eigenvalue weighted by Gasteiger charge is -2.29. The summed E-state index contributed by atoms with van der Waals surface area (Å²) in [6, 6.07) is 1.49. The largest absolute Gasteiger partial charge is 0.404 e. The first-order valence-corrected chi connectivity index (χ1v) is 6.22. The summed E-state index contributed by atoms with van der Waals surface area (Å²) in [4.78, 5) is 12.0. The second kappa shape index (κ2) is 5.25. The molecule has 1 aromatic carbocycles. The number of amides is 1. The molecule has 0 aliphatic carbocycles. The van der Waals surface area contributed by atoms with Gasteiger partial charge in [-0.2, -0.15) is 13.2 Å². The fourth-order valence-corrected chi connectivity index (χ4v) is 2.24. The van der Waals surface area contributed by atoms with Crippen molar-refractivity contribution < 1.29 is 26.7 Å². The molecule has 1 atom stereocenters. The standard InChI is InChI=1S/C13H13F5N2O/c1-7-4-9(15)10(5-8(7)14)20-11(21)12(13(16,17)18)2-3-19-6-12/h4-5,19H,2-3,6H2,1H3,(H,20,21). The number of benzene rings is 1. The number of alkyl halides is 3. The van der Waals surface area contributed by atoms with Gasteiger partial charge in [0.25, 0.3) is 0 Å². The van der Waals surface area contributed by atoms with Gasteiger partial charge in [0.05, 0.1) is 5.69 Å². The maximum absolute atomic E-state index is 13.6. The first-order valence-electron chi connectivity index (χ1n) is 6.22. The van der Waals surface area contributed by atoms with E-state index in [1.165, 1.54) is 6.92 Å². The second-order valence-corrected chi connectivity index (χ2v) is 5.04. The zero-order chi connectivity index (χ0) is 15.8. The molecule has 116 valence electrons. The van der Waals surface area contributed by atoms with Crippen molar-refractivity contribution in [3.05, 3.63) is 29.3 Å². The number of carbonyl (C=O) groups excluding carboxylic acids is 1. The highest BCUT2D eigenvalue weighted by molar-refractivity contribution is 5.96. The van der Waals surface area contributed by atoms with Crippen LogP contribution < -0.4 is 10.6 Å². The average molecular weight is 308 g/mol. The molecule has 1 aliphatic heterocycles. The summed E-state index contributed by atoms with van der Waals surface area (Å²) in [6.45, 7) is 0.748. The lowest BCUT2D eigenvalue weighted by Crippen LogP contribution is -2.49. The molecule has 1 aromatic rings. The number of anilines is 1. The van der Waals surface area contributed by atoms with Crippen molar-refractivity contribution in [1.82, 2.24) is 5.32 Å². The van der Waals surface area contributed by atoms with E-state index >= 15 is 0 Å². The summed E-state index contributed by atoms with van der Waals surface area (Å²) in [5.41, 5.74) is -3.22. The Kier molecular flexibility index (Phi) is 3.92. The molecule has 1 saturated heterocycles. The van der Waals surface area contributed by atoms with Gasteiger partial charge in [0.15, 0.2) is 5.41 Å². The van der Waals surface area contributed by atoms with Gasteiger partial charge in [-0.3, -0.25) is 4.79 Å². The van der Waals surface area contributed by atoms with Gasteiger partial charge >= 0.3 is 6.18 Å². The molecule has 2 N–H and O–H groups in total. The van der Waals surface area contributed by atoms with Crippen LogP contribution in [0.25, 0.3) is 0 Å². The Bertz CT molecular complexity index is 564. The van der Waals surface area contributed by atoms with Crippen molar-refractivity contribution in [1.29, 1.82) is 0 Å². The Balaban J connectivity index is 2.31. The van der Waals surface area contributed by atoms with Crippen molar-refractivity contribution in [2.24, 2.45) is 5.41 Å². The van der Waals surface area contributed by atoms with Gasteiger partial charge in [0.1, 0.15) is 11.6 Å². The summed E-state index contributed by atoms with van der Waals surface area (Å²) in [6.07, 6.45) is -5.22. The third-order valence-electron chi connectivity index (χ3n) is 3.63. The van der Waals surface area contributed by atoms with Crippen LogP contribution in [0.1, 0.15) is 12.0 Å². The van der Waals surface area contributed by atoms with Crippen LogP contribution in [-0.4, -0.2) is 25.2 Å². The summed E-state index contributed by atoms with van der Waals surface area (Å²) < 4.78 is 66.4. The number of aryl methyl sites for hydroxylation is 1. The molecule has 0 aromatic heterocycles. The van der Waals surface area contributed by atoms with Crippen molar-refractivity contribution >= 4 is 11.6 Å². The van der Waals surface area contributed by atoms with Crippen LogP contribution in [0, 0.1) is 24.0 Å². The van der Waals surface area contributed by atoms with Gasteiger partial charge in [0.2, 0.25) is 5.91 Å². The smallest absolute Gasteiger partial charge is 0.323 e. The second-order valence-electron chi connectivity index (χ2n) is 5.04. The molecule has 1 aliphatic rings. The highest BCUT2D eigenvalue weighted by Crippen LogP contribution is 2.43. The predicted octanol–water partition coefficient (Wildman–Crippen LogP) is 2.75. The minimum Gasteiger partial charge on any atom is -0.323 e. The maximum atomic E-state index is 13.6. The fraction of sp³-hybridized carbons (Fsp3) is 0.462. The minimum absolute atomic E-state index is 0.00133. The molecular weight excluding hydrogens is 295 g/mol. The maximum Gasteiger partial charge on any atom is 0.404 e. The molecule has 1 heterocycles. The van der Waals surface area contributed by atoms with Crippen LogP contribution >= 0.6 is 0 Å². The first-order chi connectivity index (χ1) is 9.67. The number of nitrogens with one attached hydrogen (secondary N) is 2. The predicted molar refractivity (Wildman–Crippen MR) is 65.7 cm³/mol. The van der Waals surface area contributed by atoms with E-state index in [-0.39, 0.29) is 12.1 Å². The van der Waals surface area contributed by atoms with E-state index in [1.807, 2.05) is 5.32 Å². The highest BCUT2D eigenvalue weighted by Gasteiger charge is 2.61. The van der Waals surface area contributed by atoms with Crippen LogP contribution in [0.2, 0.25) is 0 Å². The highest BCUT2D eigenvalue weighted by atomic mass is 19.4. The number of rotatable bonds is 2. The molecule has 0 saturated carbocycles. The van der Waals surface area contributed by atoms with E-state index in [4.69, 9.17) is 0 Å². The Morgan fingerprint density at radius 1 is 1.29 bits per heavy atom. The van der Waals surface area contributed by atoms with E-state index in [1.54, 1.807) is 0 Å². The van der Waals surface area contributed by atoms with Crippen molar-refractivity contribution in [3.8, 4) is 0 Å². The van der Waals surface area contributed by atoms with Crippen LogP contribution in [0.15, 0.2) is 12.1 Å². The van der Waals surface area contributed by atoms with Gasteiger partial charge in [-0.15, -0.1) is 0 Å². The average Bonchev–Trinajstić information content (AvgIpc) is 2.85. The Morgan fingerprint density at radius 3 is 2.48 bits per heavy atom.